The van der Waals surface area contributed by atoms with Crippen molar-refractivity contribution in [3.8, 4) is 0 Å². The SMILES string of the molecule is Cc1ccc(NC(=O)c2cccn(Cc3ccc(Cl)cc3)c2=O)cc1. The van der Waals surface area contributed by atoms with E-state index in [0.717, 1.165) is 11.1 Å². The van der Waals surface area contributed by atoms with Crippen LogP contribution in [0.4, 0.5) is 5.69 Å². The first-order valence-electron chi connectivity index (χ1n) is 7.85. The molecule has 0 fully saturated rings. The number of hydrogen-bond acceptors (Lipinski definition) is 2. The highest BCUT2D eigenvalue weighted by molar-refractivity contribution is 6.30. The van der Waals surface area contributed by atoms with Gasteiger partial charge in [0, 0.05) is 16.9 Å². The number of hydrogen-bond donors (Lipinski definition) is 1. The van der Waals surface area contributed by atoms with Gasteiger partial charge in [-0.05, 0) is 48.9 Å². The summed E-state index contributed by atoms with van der Waals surface area (Å²) in [5.74, 6) is -0.417. The molecule has 2 aromatic carbocycles. The van der Waals surface area contributed by atoms with Gasteiger partial charge in [-0.2, -0.15) is 0 Å². The van der Waals surface area contributed by atoms with Crippen molar-refractivity contribution in [3.05, 3.63) is 98.9 Å². The molecule has 1 heterocycles. The van der Waals surface area contributed by atoms with Gasteiger partial charge in [-0.15, -0.1) is 0 Å². The van der Waals surface area contributed by atoms with Crippen molar-refractivity contribution in [3.63, 3.8) is 0 Å². The summed E-state index contributed by atoms with van der Waals surface area (Å²) in [6.07, 6.45) is 1.67. The number of aryl methyl sites for hydroxylation is 1. The van der Waals surface area contributed by atoms with Gasteiger partial charge in [0.15, 0.2) is 0 Å². The molecule has 0 aliphatic heterocycles. The van der Waals surface area contributed by atoms with Crippen LogP contribution in [0.3, 0.4) is 0 Å². The molecule has 0 atom stereocenters. The maximum Gasteiger partial charge on any atom is 0.263 e. The second-order valence-electron chi connectivity index (χ2n) is 5.80. The fraction of sp³-hybridized carbons (Fsp3) is 0.100. The summed E-state index contributed by atoms with van der Waals surface area (Å²) in [5, 5.41) is 3.40. The lowest BCUT2D eigenvalue weighted by Crippen LogP contribution is -2.29. The number of anilines is 1. The first-order chi connectivity index (χ1) is 12.0. The van der Waals surface area contributed by atoms with Gasteiger partial charge in [0.05, 0.1) is 6.54 Å². The lowest BCUT2D eigenvalue weighted by molar-refractivity contribution is 0.102. The van der Waals surface area contributed by atoms with Crippen LogP contribution < -0.4 is 10.9 Å². The first kappa shape index (κ1) is 17.0. The number of rotatable bonds is 4. The Hall–Kier alpha value is -2.85. The van der Waals surface area contributed by atoms with Crippen molar-refractivity contribution >= 4 is 23.2 Å². The Kier molecular flexibility index (Phi) is 5.00. The molecule has 0 saturated carbocycles. The van der Waals surface area contributed by atoms with Crippen LogP contribution in [-0.2, 0) is 6.54 Å². The summed E-state index contributed by atoms with van der Waals surface area (Å²) >= 11 is 5.88. The maximum atomic E-state index is 12.6. The maximum absolute atomic E-state index is 12.6. The molecule has 0 aliphatic carbocycles. The summed E-state index contributed by atoms with van der Waals surface area (Å²) in [6.45, 7) is 2.35. The second-order valence-corrected chi connectivity index (χ2v) is 6.24. The van der Waals surface area contributed by atoms with E-state index in [1.165, 1.54) is 10.6 Å². The lowest BCUT2D eigenvalue weighted by Gasteiger charge is -2.09. The van der Waals surface area contributed by atoms with E-state index in [1.807, 2.05) is 43.3 Å². The number of pyridine rings is 1. The monoisotopic (exact) mass is 352 g/mol. The van der Waals surface area contributed by atoms with Gasteiger partial charge in [0.1, 0.15) is 5.56 Å². The van der Waals surface area contributed by atoms with Crippen LogP contribution >= 0.6 is 11.6 Å². The summed E-state index contributed by atoms with van der Waals surface area (Å²) in [7, 11) is 0. The Morgan fingerprint density at radius 1 is 1.04 bits per heavy atom. The summed E-state index contributed by atoms with van der Waals surface area (Å²) in [6, 6.07) is 17.9. The normalized spacial score (nSPS) is 10.5. The molecular weight excluding hydrogens is 336 g/mol. The van der Waals surface area contributed by atoms with E-state index in [0.29, 0.717) is 17.3 Å². The molecule has 3 aromatic rings. The highest BCUT2D eigenvalue weighted by Gasteiger charge is 2.12. The largest absolute Gasteiger partial charge is 0.322 e. The zero-order valence-corrected chi connectivity index (χ0v) is 14.5. The van der Waals surface area contributed by atoms with Gasteiger partial charge >= 0.3 is 0 Å². The molecule has 0 aliphatic rings. The Morgan fingerprint density at radius 2 is 1.72 bits per heavy atom. The number of aromatic nitrogens is 1. The minimum Gasteiger partial charge on any atom is -0.322 e. The predicted molar refractivity (Wildman–Crippen MR) is 100 cm³/mol. The standard InChI is InChI=1S/C20H17ClN2O2/c1-14-4-10-17(11-5-14)22-19(24)18-3-2-12-23(20(18)25)13-15-6-8-16(21)9-7-15/h2-12H,13H2,1H3,(H,22,24). The Balaban J connectivity index is 1.82. The third kappa shape index (κ3) is 4.17. The highest BCUT2D eigenvalue weighted by Crippen LogP contribution is 2.11. The van der Waals surface area contributed by atoms with Gasteiger partial charge in [0.25, 0.3) is 11.5 Å². The van der Waals surface area contributed by atoms with Gasteiger partial charge in [0.2, 0.25) is 0 Å². The predicted octanol–water partition coefficient (Wildman–Crippen LogP) is 4.11. The van der Waals surface area contributed by atoms with Crippen molar-refractivity contribution in [2.75, 3.05) is 5.32 Å². The quantitative estimate of drug-likeness (QED) is 0.768. The molecule has 1 amide bonds. The Labute approximate surface area is 150 Å². The van der Waals surface area contributed by atoms with E-state index in [9.17, 15) is 9.59 Å². The topological polar surface area (TPSA) is 51.1 Å². The number of carbonyl (C=O) groups is 1. The minimum atomic E-state index is -0.417. The molecular formula is C20H17ClN2O2. The molecule has 25 heavy (non-hydrogen) atoms. The number of halogens is 1. The first-order valence-corrected chi connectivity index (χ1v) is 8.22. The zero-order chi connectivity index (χ0) is 17.8. The molecule has 0 saturated heterocycles. The Bertz CT molecular complexity index is 945. The third-order valence-electron chi connectivity index (χ3n) is 3.84. The zero-order valence-electron chi connectivity index (χ0n) is 13.7. The smallest absolute Gasteiger partial charge is 0.263 e. The van der Waals surface area contributed by atoms with Crippen molar-refractivity contribution in [1.82, 2.24) is 4.57 Å². The van der Waals surface area contributed by atoms with Crippen molar-refractivity contribution in [1.29, 1.82) is 0 Å². The second kappa shape index (κ2) is 7.36. The van der Waals surface area contributed by atoms with E-state index >= 15 is 0 Å². The van der Waals surface area contributed by atoms with Gasteiger partial charge in [-0.25, -0.2) is 0 Å². The van der Waals surface area contributed by atoms with Gasteiger partial charge in [-0.1, -0.05) is 41.4 Å². The number of amides is 1. The number of nitrogens with zero attached hydrogens (tertiary/aromatic N) is 1. The molecule has 126 valence electrons. The third-order valence-corrected chi connectivity index (χ3v) is 4.09. The van der Waals surface area contributed by atoms with E-state index in [4.69, 9.17) is 11.6 Å². The summed E-state index contributed by atoms with van der Waals surface area (Å²) in [5.41, 5.74) is 2.47. The van der Waals surface area contributed by atoms with Crippen LogP contribution in [0.15, 0.2) is 71.7 Å². The molecule has 1 aromatic heterocycles. The molecule has 0 bridgehead atoms. The number of benzene rings is 2. The summed E-state index contributed by atoms with van der Waals surface area (Å²) in [4.78, 5) is 25.0. The molecule has 4 nitrogen and oxygen atoms in total. The summed E-state index contributed by atoms with van der Waals surface area (Å²) < 4.78 is 1.51. The minimum absolute atomic E-state index is 0.108. The molecule has 0 radical (unpaired) electrons. The van der Waals surface area contributed by atoms with Crippen LogP contribution in [0.25, 0.3) is 0 Å². The fourth-order valence-electron chi connectivity index (χ4n) is 2.46. The Morgan fingerprint density at radius 3 is 2.40 bits per heavy atom. The van der Waals surface area contributed by atoms with Crippen LogP contribution in [0.2, 0.25) is 5.02 Å². The number of carbonyl (C=O) groups excluding carboxylic acids is 1. The highest BCUT2D eigenvalue weighted by atomic mass is 35.5. The van der Waals surface area contributed by atoms with Gasteiger partial charge in [-0.3, -0.25) is 9.59 Å². The molecule has 0 spiro atoms. The van der Waals surface area contributed by atoms with Crippen LogP contribution in [0.5, 0.6) is 0 Å². The van der Waals surface area contributed by atoms with Gasteiger partial charge < -0.3 is 9.88 Å². The molecule has 0 unspecified atom stereocenters. The van der Waals surface area contributed by atoms with E-state index in [-0.39, 0.29) is 11.1 Å². The van der Waals surface area contributed by atoms with Crippen LogP contribution in [0.1, 0.15) is 21.5 Å². The fourth-order valence-corrected chi connectivity index (χ4v) is 2.58. The van der Waals surface area contributed by atoms with Crippen LogP contribution in [0, 0.1) is 6.92 Å². The molecule has 1 N–H and O–H groups in total. The number of nitrogens with one attached hydrogen (secondary N) is 1. The molecule has 3 rings (SSSR count). The van der Waals surface area contributed by atoms with Crippen molar-refractivity contribution in [2.24, 2.45) is 0 Å². The van der Waals surface area contributed by atoms with Crippen molar-refractivity contribution in [2.45, 2.75) is 13.5 Å². The average molecular weight is 353 g/mol. The lowest BCUT2D eigenvalue weighted by atomic mass is 10.2. The van der Waals surface area contributed by atoms with E-state index < -0.39 is 5.91 Å². The van der Waals surface area contributed by atoms with E-state index in [1.54, 1.807) is 24.4 Å². The molecule has 5 heteroatoms. The van der Waals surface area contributed by atoms with Crippen LogP contribution in [-0.4, -0.2) is 10.5 Å². The van der Waals surface area contributed by atoms with E-state index in [2.05, 4.69) is 5.32 Å². The average Bonchev–Trinajstić information content (AvgIpc) is 2.60. The van der Waals surface area contributed by atoms with Crippen molar-refractivity contribution < 1.29 is 4.79 Å².